The van der Waals surface area contributed by atoms with Gasteiger partial charge in [0.05, 0.1) is 13.2 Å². The molecule has 1 aliphatic heterocycles. The van der Waals surface area contributed by atoms with Gasteiger partial charge < -0.3 is 20.1 Å². The summed E-state index contributed by atoms with van der Waals surface area (Å²) < 4.78 is 38.4. The molecule has 0 aromatic heterocycles. The SMILES string of the molecule is COc1cc(OCc2cccc(F)c2)c(F)cc1CNC(=O)[C@@H]1CCCN1. The number of amides is 1. The maximum atomic E-state index is 14.4. The van der Waals surface area contributed by atoms with E-state index in [9.17, 15) is 13.6 Å². The lowest BCUT2D eigenvalue weighted by Crippen LogP contribution is -2.40. The zero-order valence-corrected chi connectivity index (χ0v) is 15.1. The normalized spacial score (nSPS) is 16.2. The molecule has 0 bridgehead atoms. The minimum absolute atomic E-state index is 0.00338. The number of ether oxygens (including phenoxy) is 2. The lowest BCUT2D eigenvalue weighted by molar-refractivity contribution is -0.122. The number of nitrogens with one attached hydrogen (secondary N) is 2. The molecule has 7 heteroatoms. The predicted molar refractivity (Wildman–Crippen MR) is 96.6 cm³/mol. The fraction of sp³-hybridized carbons (Fsp3) is 0.350. The van der Waals surface area contributed by atoms with Crippen molar-refractivity contribution in [1.29, 1.82) is 0 Å². The van der Waals surface area contributed by atoms with Crippen molar-refractivity contribution < 1.29 is 23.0 Å². The minimum atomic E-state index is -0.574. The topological polar surface area (TPSA) is 59.6 Å². The minimum Gasteiger partial charge on any atom is -0.496 e. The van der Waals surface area contributed by atoms with Crippen molar-refractivity contribution in [2.24, 2.45) is 0 Å². The third-order valence-corrected chi connectivity index (χ3v) is 4.45. The average molecular weight is 376 g/mol. The molecule has 1 atom stereocenters. The van der Waals surface area contributed by atoms with E-state index in [1.807, 2.05) is 0 Å². The fourth-order valence-electron chi connectivity index (χ4n) is 3.02. The summed E-state index contributed by atoms with van der Waals surface area (Å²) in [6, 6.07) is 8.43. The largest absolute Gasteiger partial charge is 0.496 e. The van der Waals surface area contributed by atoms with E-state index in [4.69, 9.17) is 9.47 Å². The summed E-state index contributed by atoms with van der Waals surface area (Å²) in [7, 11) is 1.47. The van der Waals surface area contributed by atoms with E-state index in [1.165, 1.54) is 31.4 Å². The second kappa shape index (κ2) is 8.81. The molecule has 2 aromatic rings. The number of halogens is 2. The van der Waals surface area contributed by atoms with E-state index in [2.05, 4.69) is 10.6 Å². The van der Waals surface area contributed by atoms with E-state index >= 15 is 0 Å². The van der Waals surface area contributed by atoms with Gasteiger partial charge in [0.2, 0.25) is 5.91 Å². The molecule has 1 heterocycles. The van der Waals surface area contributed by atoms with Crippen molar-refractivity contribution in [3.63, 3.8) is 0 Å². The molecule has 0 saturated carbocycles. The van der Waals surface area contributed by atoms with Gasteiger partial charge in [0.15, 0.2) is 11.6 Å². The van der Waals surface area contributed by atoms with Gasteiger partial charge in [0.25, 0.3) is 0 Å². The molecule has 0 radical (unpaired) electrons. The highest BCUT2D eigenvalue weighted by atomic mass is 19.1. The number of methoxy groups -OCH3 is 1. The standard InChI is InChI=1S/C20H22F2N2O3/c1-26-18-10-19(27-12-13-4-2-5-15(21)8-13)16(22)9-14(18)11-24-20(25)17-6-3-7-23-17/h2,4-5,8-10,17,23H,3,6-7,11-12H2,1H3,(H,24,25)/t17-/m0/s1. The zero-order valence-electron chi connectivity index (χ0n) is 15.1. The Labute approximate surface area is 156 Å². The molecule has 5 nitrogen and oxygen atoms in total. The molecule has 2 N–H and O–H groups in total. The van der Waals surface area contributed by atoms with Crippen molar-refractivity contribution in [2.45, 2.75) is 32.0 Å². The maximum Gasteiger partial charge on any atom is 0.237 e. The van der Waals surface area contributed by atoms with Gasteiger partial charge in [0, 0.05) is 18.2 Å². The van der Waals surface area contributed by atoms with Crippen LogP contribution >= 0.6 is 0 Å². The van der Waals surface area contributed by atoms with Crippen molar-refractivity contribution >= 4 is 5.91 Å². The molecule has 1 aliphatic rings. The summed E-state index contributed by atoms with van der Waals surface area (Å²) in [5.74, 6) is -0.650. The van der Waals surface area contributed by atoms with Crippen LogP contribution < -0.4 is 20.1 Å². The first kappa shape index (κ1) is 19.1. The third-order valence-electron chi connectivity index (χ3n) is 4.45. The van der Waals surface area contributed by atoms with Crippen LogP contribution in [0, 0.1) is 11.6 Å². The Morgan fingerprint density at radius 1 is 1.26 bits per heavy atom. The van der Waals surface area contributed by atoms with Gasteiger partial charge in [-0.05, 0) is 43.1 Å². The van der Waals surface area contributed by atoms with E-state index in [1.54, 1.807) is 12.1 Å². The molecular formula is C20H22F2N2O3. The van der Waals surface area contributed by atoms with E-state index < -0.39 is 5.82 Å². The van der Waals surface area contributed by atoms with Crippen LogP contribution in [0.4, 0.5) is 8.78 Å². The lowest BCUT2D eigenvalue weighted by Gasteiger charge is -2.15. The Balaban J connectivity index is 1.66. The molecule has 1 amide bonds. The van der Waals surface area contributed by atoms with Crippen LogP contribution in [0.15, 0.2) is 36.4 Å². The van der Waals surface area contributed by atoms with E-state index in [-0.39, 0.29) is 36.7 Å². The van der Waals surface area contributed by atoms with Crippen LogP contribution in [-0.2, 0) is 17.9 Å². The third kappa shape index (κ3) is 4.95. The van der Waals surface area contributed by atoms with Crippen molar-refractivity contribution in [1.82, 2.24) is 10.6 Å². The van der Waals surface area contributed by atoms with Crippen LogP contribution in [-0.4, -0.2) is 25.6 Å². The van der Waals surface area contributed by atoms with Gasteiger partial charge >= 0.3 is 0 Å². The predicted octanol–water partition coefficient (Wildman–Crippen LogP) is 2.92. The summed E-state index contributed by atoms with van der Waals surface area (Å²) >= 11 is 0. The molecule has 0 unspecified atom stereocenters. The molecule has 1 fully saturated rings. The Hall–Kier alpha value is -2.67. The molecule has 1 saturated heterocycles. The maximum absolute atomic E-state index is 14.4. The Bertz CT molecular complexity index is 808. The molecular weight excluding hydrogens is 354 g/mol. The quantitative estimate of drug-likeness (QED) is 0.780. The van der Waals surface area contributed by atoms with Gasteiger partial charge in [-0.1, -0.05) is 12.1 Å². The summed E-state index contributed by atoms with van der Waals surface area (Å²) in [6.45, 7) is 1.01. The van der Waals surface area contributed by atoms with Crippen molar-refractivity contribution in [3.05, 3.63) is 59.2 Å². The van der Waals surface area contributed by atoms with Crippen LogP contribution in [0.25, 0.3) is 0 Å². The summed E-state index contributed by atoms with van der Waals surface area (Å²) in [5.41, 5.74) is 1.10. The molecule has 3 rings (SSSR count). The monoisotopic (exact) mass is 376 g/mol. The number of benzene rings is 2. The average Bonchev–Trinajstić information content (AvgIpc) is 3.20. The van der Waals surface area contributed by atoms with Crippen LogP contribution in [0.2, 0.25) is 0 Å². The first-order valence-electron chi connectivity index (χ1n) is 8.81. The van der Waals surface area contributed by atoms with Gasteiger partial charge in [-0.25, -0.2) is 8.78 Å². The Kier molecular flexibility index (Phi) is 6.24. The lowest BCUT2D eigenvalue weighted by atomic mass is 10.1. The molecule has 27 heavy (non-hydrogen) atoms. The highest BCUT2D eigenvalue weighted by Gasteiger charge is 2.22. The first-order chi connectivity index (χ1) is 13.1. The molecule has 0 aliphatic carbocycles. The number of carbonyl (C=O) groups is 1. The van der Waals surface area contributed by atoms with Gasteiger partial charge in [-0.3, -0.25) is 4.79 Å². The number of hydrogen-bond acceptors (Lipinski definition) is 4. The highest BCUT2D eigenvalue weighted by Crippen LogP contribution is 2.29. The summed E-state index contributed by atoms with van der Waals surface area (Å²) in [4.78, 5) is 12.1. The summed E-state index contributed by atoms with van der Waals surface area (Å²) in [6.07, 6.45) is 1.76. The fourth-order valence-corrected chi connectivity index (χ4v) is 3.02. The van der Waals surface area contributed by atoms with Gasteiger partial charge in [-0.2, -0.15) is 0 Å². The van der Waals surface area contributed by atoms with Crippen molar-refractivity contribution in [2.75, 3.05) is 13.7 Å². The molecule has 2 aromatic carbocycles. The smallest absolute Gasteiger partial charge is 0.237 e. The van der Waals surface area contributed by atoms with E-state index in [0.717, 1.165) is 19.4 Å². The van der Waals surface area contributed by atoms with Gasteiger partial charge in [0.1, 0.15) is 18.2 Å². The Morgan fingerprint density at radius 2 is 2.11 bits per heavy atom. The second-order valence-electron chi connectivity index (χ2n) is 6.38. The molecule has 144 valence electrons. The van der Waals surface area contributed by atoms with Crippen LogP contribution in [0.5, 0.6) is 11.5 Å². The molecule has 0 spiro atoms. The van der Waals surface area contributed by atoms with Gasteiger partial charge in [-0.15, -0.1) is 0 Å². The van der Waals surface area contributed by atoms with E-state index in [0.29, 0.717) is 16.9 Å². The Morgan fingerprint density at radius 3 is 2.81 bits per heavy atom. The van der Waals surface area contributed by atoms with Crippen LogP contribution in [0.3, 0.4) is 0 Å². The second-order valence-corrected chi connectivity index (χ2v) is 6.38. The first-order valence-corrected chi connectivity index (χ1v) is 8.81. The van der Waals surface area contributed by atoms with Crippen molar-refractivity contribution in [3.8, 4) is 11.5 Å². The van der Waals surface area contributed by atoms with Crippen LogP contribution in [0.1, 0.15) is 24.0 Å². The highest BCUT2D eigenvalue weighted by molar-refractivity contribution is 5.82. The number of rotatable bonds is 7. The number of carbonyl (C=O) groups excluding carboxylic acids is 1. The summed E-state index contributed by atoms with van der Waals surface area (Å²) in [5, 5.41) is 5.91. The number of hydrogen-bond donors (Lipinski definition) is 2. The zero-order chi connectivity index (χ0) is 19.2.